The van der Waals surface area contributed by atoms with E-state index in [4.69, 9.17) is 0 Å². The Morgan fingerprint density at radius 3 is 3.36 bits per heavy atom. The van der Waals surface area contributed by atoms with Crippen LogP contribution in [0.4, 0.5) is 0 Å². The quantitative estimate of drug-likeness (QED) is 0.617. The van der Waals surface area contributed by atoms with Crippen LogP contribution in [0.5, 0.6) is 0 Å². The number of hydrogen-bond acceptors (Lipinski definition) is 2. The third-order valence-corrected chi connectivity index (χ3v) is 3.04. The van der Waals surface area contributed by atoms with Crippen molar-refractivity contribution >= 4 is 0 Å². The molecule has 0 aromatic rings. The van der Waals surface area contributed by atoms with Crippen molar-refractivity contribution in [1.29, 1.82) is 0 Å². The maximum atomic E-state index is 3.57. The predicted octanol–water partition coefficient (Wildman–Crippen LogP) is 1.56. The van der Waals surface area contributed by atoms with Crippen molar-refractivity contribution in [3.63, 3.8) is 0 Å². The molecule has 2 atom stereocenters. The Balaban J connectivity index is 1.94. The normalized spacial score (nSPS) is 33.7. The predicted molar refractivity (Wildman–Crippen MR) is 57.5 cm³/mol. The van der Waals surface area contributed by atoms with Crippen molar-refractivity contribution in [2.45, 2.75) is 18.5 Å². The zero-order valence-electron chi connectivity index (χ0n) is 8.06. The van der Waals surface area contributed by atoms with E-state index in [1.165, 1.54) is 5.57 Å². The first-order valence-corrected chi connectivity index (χ1v) is 5.17. The molecule has 72 valence electrons. The third-order valence-electron chi connectivity index (χ3n) is 3.04. The van der Waals surface area contributed by atoms with E-state index in [0.29, 0.717) is 12.1 Å². The largest absolute Gasteiger partial charge is 0.350 e. The molecule has 14 heavy (non-hydrogen) atoms. The van der Waals surface area contributed by atoms with Crippen LogP contribution in [0, 0.1) is 0 Å². The summed E-state index contributed by atoms with van der Waals surface area (Å²) in [7, 11) is 0. The van der Waals surface area contributed by atoms with Crippen molar-refractivity contribution < 1.29 is 0 Å². The minimum atomic E-state index is 0.416. The lowest BCUT2D eigenvalue weighted by Gasteiger charge is -2.19. The highest BCUT2D eigenvalue weighted by molar-refractivity contribution is 5.37. The molecule has 2 nitrogen and oxygen atoms in total. The number of fused-ring (bicyclic) bond motifs is 2. The van der Waals surface area contributed by atoms with Gasteiger partial charge in [0.25, 0.3) is 0 Å². The smallest absolute Gasteiger partial charge is 0.0524 e. The molecule has 0 aromatic heterocycles. The highest BCUT2D eigenvalue weighted by Gasteiger charge is 2.24. The topological polar surface area (TPSA) is 15.3 Å². The average Bonchev–Trinajstić information content (AvgIpc) is 2.58. The molecule has 2 aliphatic heterocycles. The van der Waals surface area contributed by atoms with E-state index in [-0.39, 0.29) is 0 Å². The molecular weight excluding hydrogens is 172 g/mol. The first-order valence-electron chi connectivity index (χ1n) is 5.17. The fourth-order valence-corrected chi connectivity index (χ4v) is 2.22. The van der Waals surface area contributed by atoms with Gasteiger partial charge in [-0.1, -0.05) is 30.4 Å². The molecule has 0 amide bonds. The molecule has 2 heterocycles. The molecule has 3 aliphatic rings. The van der Waals surface area contributed by atoms with Crippen LogP contribution in [0.3, 0.4) is 0 Å². The van der Waals surface area contributed by atoms with E-state index < -0.39 is 0 Å². The summed E-state index contributed by atoms with van der Waals surface area (Å²) >= 11 is 0. The Hall–Kier alpha value is -1.28. The van der Waals surface area contributed by atoms with Gasteiger partial charge in [-0.2, -0.15) is 0 Å². The lowest BCUT2D eigenvalue weighted by atomic mass is 10.0. The van der Waals surface area contributed by atoms with Gasteiger partial charge in [-0.3, -0.25) is 0 Å². The van der Waals surface area contributed by atoms with Gasteiger partial charge in [-0.05, 0) is 18.2 Å². The van der Waals surface area contributed by atoms with E-state index in [1.54, 1.807) is 0 Å². The number of hydrogen-bond donors (Lipinski definition) is 1. The molecule has 0 aromatic carbocycles. The summed E-state index contributed by atoms with van der Waals surface area (Å²) in [5, 5.41) is 3.57. The van der Waals surface area contributed by atoms with Crippen LogP contribution in [0.1, 0.15) is 6.42 Å². The van der Waals surface area contributed by atoms with Crippen molar-refractivity contribution in [1.82, 2.24) is 10.2 Å². The first kappa shape index (κ1) is 8.06. The fraction of sp³-hybridized carbons (Fsp3) is 0.333. The van der Waals surface area contributed by atoms with Crippen LogP contribution in [0.2, 0.25) is 0 Å². The van der Waals surface area contributed by atoms with Crippen LogP contribution >= 0.6 is 0 Å². The van der Waals surface area contributed by atoms with Crippen LogP contribution in [0.15, 0.2) is 48.4 Å². The Bertz CT molecular complexity index is 349. The van der Waals surface area contributed by atoms with E-state index >= 15 is 0 Å². The summed E-state index contributed by atoms with van der Waals surface area (Å²) in [4.78, 5) is 2.33. The summed E-state index contributed by atoms with van der Waals surface area (Å²) in [6.45, 7) is 1.07. The molecule has 1 aliphatic carbocycles. The maximum absolute atomic E-state index is 3.57. The van der Waals surface area contributed by atoms with Crippen molar-refractivity contribution in [2.24, 2.45) is 0 Å². The lowest BCUT2D eigenvalue weighted by molar-refractivity contribution is 0.387. The fourth-order valence-electron chi connectivity index (χ4n) is 2.22. The van der Waals surface area contributed by atoms with Crippen LogP contribution < -0.4 is 5.32 Å². The number of nitrogens with one attached hydrogen (secondary N) is 1. The summed E-state index contributed by atoms with van der Waals surface area (Å²) < 4.78 is 0. The summed E-state index contributed by atoms with van der Waals surface area (Å²) in [6.07, 6.45) is 16.5. The third kappa shape index (κ3) is 1.23. The number of allylic oxidation sites excluding steroid dienone is 2. The van der Waals surface area contributed by atoms with E-state index in [0.717, 1.165) is 13.0 Å². The van der Waals surface area contributed by atoms with Crippen molar-refractivity contribution in [2.75, 3.05) is 6.54 Å². The molecule has 0 radical (unpaired) electrons. The van der Waals surface area contributed by atoms with E-state index in [1.807, 2.05) is 0 Å². The average molecular weight is 186 g/mol. The van der Waals surface area contributed by atoms with Gasteiger partial charge in [0.2, 0.25) is 0 Å². The Morgan fingerprint density at radius 2 is 2.36 bits per heavy atom. The molecule has 0 saturated heterocycles. The highest BCUT2D eigenvalue weighted by atomic mass is 15.2. The van der Waals surface area contributed by atoms with E-state index in [9.17, 15) is 0 Å². The summed E-state index contributed by atoms with van der Waals surface area (Å²) in [5.41, 5.74) is 1.36. The van der Waals surface area contributed by atoms with Crippen molar-refractivity contribution in [3.05, 3.63) is 48.4 Å². The molecule has 2 heteroatoms. The molecule has 0 bridgehead atoms. The molecule has 0 spiro atoms. The van der Waals surface area contributed by atoms with E-state index in [2.05, 4.69) is 53.0 Å². The van der Waals surface area contributed by atoms with Gasteiger partial charge in [-0.25, -0.2) is 0 Å². The molecule has 2 unspecified atom stereocenters. The van der Waals surface area contributed by atoms with Crippen LogP contribution in [-0.4, -0.2) is 23.5 Å². The summed E-state index contributed by atoms with van der Waals surface area (Å²) in [5.74, 6) is 0. The molecular formula is C12H14N2. The Labute approximate surface area is 84.3 Å². The van der Waals surface area contributed by atoms with Crippen molar-refractivity contribution in [3.8, 4) is 0 Å². The molecule has 3 rings (SSSR count). The molecule has 0 fully saturated rings. The first-order chi connectivity index (χ1) is 6.93. The Morgan fingerprint density at radius 1 is 1.36 bits per heavy atom. The standard InChI is InChI=1S/C12H14N2/c1-2-6-12-10(4-1)9-14-7-3-5-11(14)8-13-12/h1-4,6-7,9,11-13H,5,8H2. The second-order valence-corrected chi connectivity index (χ2v) is 3.98. The minimum Gasteiger partial charge on any atom is -0.350 e. The monoisotopic (exact) mass is 186 g/mol. The zero-order chi connectivity index (χ0) is 9.38. The second-order valence-electron chi connectivity index (χ2n) is 3.98. The van der Waals surface area contributed by atoms with Gasteiger partial charge in [-0.15, -0.1) is 0 Å². The van der Waals surface area contributed by atoms with Gasteiger partial charge < -0.3 is 10.2 Å². The maximum Gasteiger partial charge on any atom is 0.0524 e. The van der Waals surface area contributed by atoms with Gasteiger partial charge in [0.05, 0.1) is 6.04 Å². The van der Waals surface area contributed by atoms with Gasteiger partial charge in [0, 0.05) is 18.8 Å². The van der Waals surface area contributed by atoms with Gasteiger partial charge >= 0.3 is 0 Å². The minimum absolute atomic E-state index is 0.416. The molecule has 1 N–H and O–H groups in total. The van der Waals surface area contributed by atoms with Gasteiger partial charge in [0.1, 0.15) is 0 Å². The summed E-state index contributed by atoms with van der Waals surface area (Å²) in [6, 6.07) is 1.04. The van der Waals surface area contributed by atoms with Gasteiger partial charge in [0.15, 0.2) is 0 Å². The SMILES string of the molecule is C1=CC2=CN3C=CCC3CNC2C=C1. The highest BCUT2D eigenvalue weighted by Crippen LogP contribution is 2.22. The Kier molecular flexibility index (Phi) is 1.81. The number of nitrogens with zero attached hydrogens (tertiary/aromatic N) is 1. The molecule has 0 saturated carbocycles. The number of rotatable bonds is 0. The second kappa shape index (κ2) is 3.14. The van der Waals surface area contributed by atoms with Crippen LogP contribution in [-0.2, 0) is 0 Å². The lowest BCUT2D eigenvalue weighted by Crippen LogP contribution is -2.35. The zero-order valence-corrected chi connectivity index (χ0v) is 8.06. The van der Waals surface area contributed by atoms with Crippen LogP contribution in [0.25, 0.3) is 0 Å².